The van der Waals surface area contributed by atoms with Crippen LogP contribution in [0.1, 0.15) is 12.0 Å². The lowest BCUT2D eigenvalue weighted by atomic mass is 10.2. The van der Waals surface area contributed by atoms with Gasteiger partial charge in [-0.3, -0.25) is 4.99 Å². The molecule has 2 aromatic carbocycles. The smallest absolute Gasteiger partial charge is 0.195 e. The van der Waals surface area contributed by atoms with Gasteiger partial charge < -0.3 is 24.8 Å². The zero-order valence-electron chi connectivity index (χ0n) is 15.9. The van der Waals surface area contributed by atoms with E-state index in [1.165, 1.54) is 13.2 Å². The molecule has 0 saturated carbocycles. The molecular formula is C20H26FN3O3. The van der Waals surface area contributed by atoms with E-state index in [1.54, 1.807) is 26.3 Å². The molecule has 27 heavy (non-hydrogen) atoms. The third kappa shape index (κ3) is 6.79. The number of nitrogens with zero attached hydrogens (tertiary/aromatic N) is 1. The van der Waals surface area contributed by atoms with Crippen molar-refractivity contribution in [1.29, 1.82) is 0 Å². The maximum absolute atomic E-state index is 13.8. The first-order valence-corrected chi connectivity index (χ1v) is 8.68. The fraction of sp³-hybridized carbons (Fsp3) is 0.350. The van der Waals surface area contributed by atoms with Crippen molar-refractivity contribution in [2.75, 3.05) is 39.8 Å². The van der Waals surface area contributed by atoms with Gasteiger partial charge in [-0.25, -0.2) is 4.39 Å². The first-order chi connectivity index (χ1) is 13.2. The van der Waals surface area contributed by atoms with Crippen LogP contribution in [0.2, 0.25) is 0 Å². The molecule has 2 aromatic rings. The van der Waals surface area contributed by atoms with E-state index in [2.05, 4.69) is 15.6 Å². The highest BCUT2D eigenvalue weighted by Gasteiger charge is 2.05. The Morgan fingerprint density at radius 1 is 1.11 bits per heavy atom. The third-order valence-electron chi connectivity index (χ3n) is 3.76. The molecule has 146 valence electrons. The molecule has 0 aliphatic rings. The predicted molar refractivity (Wildman–Crippen MR) is 105 cm³/mol. The number of hydrogen-bond acceptors (Lipinski definition) is 4. The lowest BCUT2D eigenvalue weighted by molar-refractivity contribution is 0.172. The van der Waals surface area contributed by atoms with E-state index in [0.717, 1.165) is 23.4 Å². The van der Waals surface area contributed by atoms with Gasteiger partial charge in [-0.05, 0) is 29.8 Å². The van der Waals surface area contributed by atoms with E-state index in [-0.39, 0.29) is 5.75 Å². The van der Waals surface area contributed by atoms with Crippen molar-refractivity contribution in [3.05, 3.63) is 53.8 Å². The summed E-state index contributed by atoms with van der Waals surface area (Å²) in [7, 11) is 4.79. The van der Waals surface area contributed by atoms with Crippen molar-refractivity contribution in [3.8, 4) is 11.5 Å². The molecule has 2 rings (SSSR count). The monoisotopic (exact) mass is 375 g/mol. The first kappa shape index (κ1) is 20.5. The normalized spacial score (nSPS) is 11.2. The number of halogens is 1. The number of nitrogens with one attached hydrogen (secondary N) is 2. The van der Waals surface area contributed by atoms with E-state index in [9.17, 15) is 4.39 Å². The van der Waals surface area contributed by atoms with Gasteiger partial charge in [-0.1, -0.05) is 12.1 Å². The summed E-state index contributed by atoms with van der Waals surface area (Å²) in [6.07, 6.45) is 0.829. The molecule has 0 fully saturated rings. The lowest BCUT2D eigenvalue weighted by Gasteiger charge is -2.13. The highest BCUT2D eigenvalue weighted by Crippen LogP contribution is 2.19. The zero-order valence-corrected chi connectivity index (χ0v) is 15.9. The molecule has 0 aromatic heterocycles. The second-order valence-electron chi connectivity index (χ2n) is 5.74. The van der Waals surface area contributed by atoms with Crippen LogP contribution in [-0.2, 0) is 11.3 Å². The van der Waals surface area contributed by atoms with E-state index >= 15 is 0 Å². The van der Waals surface area contributed by atoms with Crippen LogP contribution in [0.15, 0.2) is 47.5 Å². The SMILES string of the molecule is CN=C(NCc1ccc(OC)c(F)c1)Nc1cccc(OCCCOC)c1. The fourth-order valence-corrected chi connectivity index (χ4v) is 2.38. The standard InChI is InChI=1S/C20H26FN3O3/c1-22-20(23-14-15-8-9-19(26-3)18(21)12-15)24-16-6-4-7-17(13-16)27-11-5-10-25-2/h4,6-9,12-13H,5,10-11,14H2,1-3H3,(H2,22,23,24). The van der Waals surface area contributed by atoms with Crippen LogP contribution in [0.3, 0.4) is 0 Å². The summed E-state index contributed by atoms with van der Waals surface area (Å²) in [6, 6.07) is 12.5. The Hall–Kier alpha value is -2.80. The summed E-state index contributed by atoms with van der Waals surface area (Å²) in [5, 5.41) is 6.35. The number of methoxy groups -OCH3 is 2. The van der Waals surface area contributed by atoms with Gasteiger partial charge in [0.25, 0.3) is 0 Å². The van der Waals surface area contributed by atoms with Gasteiger partial charge in [0.2, 0.25) is 0 Å². The van der Waals surface area contributed by atoms with Crippen molar-refractivity contribution < 1.29 is 18.6 Å². The zero-order chi connectivity index (χ0) is 19.5. The van der Waals surface area contributed by atoms with Crippen molar-refractivity contribution in [1.82, 2.24) is 5.32 Å². The molecule has 0 aliphatic heterocycles. The van der Waals surface area contributed by atoms with Crippen LogP contribution in [-0.4, -0.2) is 40.4 Å². The number of rotatable bonds is 9. The van der Waals surface area contributed by atoms with Gasteiger partial charge in [-0.15, -0.1) is 0 Å². The average Bonchev–Trinajstić information content (AvgIpc) is 2.69. The molecule has 0 spiro atoms. The molecular weight excluding hydrogens is 349 g/mol. The second-order valence-corrected chi connectivity index (χ2v) is 5.74. The highest BCUT2D eigenvalue weighted by atomic mass is 19.1. The Labute approximate surface area is 159 Å². The van der Waals surface area contributed by atoms with Crippen LogP contribution in [0.25, 0.3) is 0 Å². The fourth-order valence-electron chi connectivity index (χ4n) is 2.38. The quantitative estimate of drug-likeness (QED) is 0.399. The second kappa shape index (κ2) is 11.0. The Morgan fingerprint density at radius 2 is 1.96 bits per heavy atom. The average molecular weight is 375 g/mol. The molecule has 0 bridgehead atoms. The number of benzene rings is 2. The Balaban J connectivity index is 1.90. The van der Waals surface area contributed by atoms with Crippen LogP contribution >= 0.6 is 0 Å². The van der Waals surface area contributed by atoms with Crippen molar-refractivity contribution in [2.24, 2.45) is 4.99 Å². The third-order valence-corrected chi connectivity index (χ3v) is 3.76. The minimum Gasteiger partial charge on any atom is -0.494 e. The van der Waals surface area contributed by atoms with Crippen molar-refractivity contribution in [2.45, 2.75) is 13.0 Å². The van der Waals surface area contributed by atoms with Crippen LogP contribution in [0.4, 0.5) is 10.1 Å². The minimum absolute atomic E-state index is 0.226. The lowest BCUT2D eigenvalue weighted by Crippen LogP contribution is -2.30. The maximum Gasteiger partial charge on any atom is 0.195 e. The molecule has 0 unspecified atom stereocenters. The van der Waals surface area contributed by atoms with Gasteiger partial charge in [0, 0.05) is 45.5 Å². The number of ether oxygens (including phenoxy) is 3. The van der Waals surface area contributed by atoms with Crippen LogP contribution in [0, 0.1) is 5.82 Å². The molecule has 6 nitrogen and oxygen atoms in total. The molecule has 0 saturated heterocycles. The van der Waals surface area contributed by atoms with Crippen molar-refractivity contribution >= 4 is 11.6 Å². The van der Waals surface area contributed by atoms with Gasteiger partial charge in [0.05, 0.1) is 13.7 Å². The summed E-state index contributed by atoms with van der Waals surface area (Å²) in [5.41, 5.74) is 1.62. The number of anilines is 1. The van der Waals surface area contributed by atoms with Crippen LogP contribution in [0.5, 0.6) is 11.5 Å². The van der Waals surface area contributed by atoms with E-state index < -0.39 is 5.82 Å². The van der Waals surface area contributed by atoms with Gasteiger partial charge >= 0.3 is 0 Å². The van der Waals surface area contributed by atoms with E-state index in [1.807, 2.05) is 24.3 Å². The molecule has 0 heterocycles. The van der Waals surface area contributed by atoms with Crippen LogP contribution < -0.4 is 20.1 Å². The Kier molecular flexibility index (Phi) is 8.38. The maximum atomic E-state index is 13.8. The van der Waals surface area contributed by atoms with Gasteiger partial charge in [0.15, 0.2) is 17.5 Å². The molecule has 0 radical (unpaired) electrons. The van der Waals surface area contributed by atoms with Gasteiger partial charge in [-0.2, -0.15) is 0 Å². The molecule has 0 amide bonds. The largest absolute Gasteiger partial charge is 0.494 e. The minimum atomic E-state index is -0.391. The molecule has 7 heteroatoms. The summed E-state index contributed by atoms with van der Waals surface area (Å²) in [5.74, 6) is 1.17. The summed E-state index contributed by atoms with van der Waals surface area (Å²) >= 11 is 0. The number of guanidine groups is 1. The van der Waals surface area contributed by atoms with Gasteiger partial charge in [0.1, 0.15) is 5.75 Å². The van der Waals surface area contributed by atoms with E-state index in [0.29, 0.717) is 25.7 Å². The topological polar surface area (TPSA) is 64.1 Å². The first-order valence-electron chi connectivity index (χ1n) is 8.68. The summed E-state index contributed by atoms with van der Waals surface area (Å²) < 4.78 is 29.4. The number of hydrogen-bond donors (Lipinski definition) is 2. The van der Waals surface area contributed by atoms with Crippen molar-refractivity contribution in [3.63, 3.8) is 0 Å². The Bertz CT molecular complexity index is 753. The summed E-state index contributed by atoms with van der Waals surface area (Å²) in [4.78, 5) is 4.19. The number of aliphatic imine (C=N–C) groups is 1. The predicted octanol–water partition coefficient (Wildman–Crippen LogP) is 3.44. The molecule has 0 aliphatic carbocycles. The van der Waals surface area contributed by atoms with E-state index in [4.69, 9.17) is 14.2 Å². The summed E-state index contributed by atoms with van der Waals surface area (Å²) in [6.45, 7) is 1.68. The highest BCUT2D eigenvalue weighted by molar-refractivity contribution is 5.93. The molecule has 2 N–H and O–H groups in total. The molecule has 0 atom stereocenters. The Morgan fingerprint density at radius 3 is 2.67 bits per heavy atom.